The molecule has 2 aromatic rings. The van der Waals surface area contributed by atoms with Crippen molar-refractivity contribution >= 4 is 11.9 Å². The second kappa shape index (κ2) is 7.39. The van der Waals surface area contributed by atoms with Gasteiger partial charge in [-0.05, 0) is 24.3 Å². The molecule has 0 aliphatic carbocycles. The summed E-state index contributed by atoms with van der Waals surface area (Å²) in [5.41, 5.74) is -2.23. The monoisotopic (exact) mass is 330 g/mol. The van der Waals surface area contributed by atoms with E-state index in [1.165, 1.54) is 0 Å². The van der Waals surface area contributed by atoms with Crippen LogP contribution >= 0.6 is 0 Å². The van der Waals surface area contributed by atoms with Gasteiger partial charge in [0.25, 0.3) is 0 Å². The van der Waals surface area contributed by atoms with E-state index in [1.807, 2.05) is 0 Å². The van der Waals surface area contributed by atoms with Crippen LogP contribution in [0.5, 0.6) is 0 Å². The number of hydrogen-bond acceptors (Lipinski definition) is 2. The first-order chi connectivity index (χ1) is 10.6. The number of hydrogen-bond donors (Lipinski definition) is 2. The van der Waals surface area contributed by atoms with Gasteiger partial charge in [0.2, 0.25) is 0 Å². The quantitative estimate of drug-likeness (QED) is 0.818. The van der Waals surface area contributed by atoms with Crippen molar-refractivity contribution in [2.45, 2.75) is 6.18 Å². The van der Waals surface area contributed by atoms with Crippen molar-refractivity contribution in [1.29, 1.82) is 0 Å². The zero-order valence-electron chi connectivity index (χ0n) is 11.3. The van der Waals surface area contributed by atoms with Gasteiger partial charge in [-0.2, -0.15) is 13.2 Å². The molecule has 0 fully saturated rings. The lowest BCUT2D eigenvalue weighted by Gasteiger charge is -2.08. The van der Waals surface area contributed by atoms with Crippen LogP contribution in [-0.4, -0.2) is 22.2 Å². The number of benzene rings is 2. The summed E-state index contributed by atoms with van der Waals surface area (Å²) >= 11 is 0. The van der Waals surface area contributed by atoms with Crippen molar-refractivity contribution in [2.24, 2.45) is 0 Å². The maximum Gasteiger partial charge on any atom is 0.419 e. The zero-order chi connectivity index (χ0) is 17.6. The first kappa shape index (κ1) is 18.1. The molecule has 23 heavy (non-hydrogen) atoms. The minimum atomic E-state index is -4.88. The van der Waals surface area contributed by atoms with Crippen molar-refractivity contribution in [1.82, 2.24) is 0 Å². The molecular formula is C15H10F4O4. The van der Waals surface area contributed by atoms with Gasteiger partial charge in [0.1, 0.15) is 5.82 Å². The van der Waals surface area contributed by atoms with Gasteiger partial charge in [0, 0.05) is 0 Å². The smallest absolute Gasteiger partial charge is 0.419 e. The number of carbonyl (C=O) groups is 2. The van der Waals surface area contributed by atoms with Crippen LogP contribution in [0.4, 0.5) is 17.6 Å². The van der Waals surface area contributed by atoms with Gasteiger partial charge in [0.05, 0.1) is 16.7 Å². The topological polar surface area (TPSA) is 74.6 Å². The first-order valence-electron chi connectivity index (χ1n) is 6.02. The molecule has 0 saturated carbocycles. The number of halogens is 4. The first-order valence-corrected chi connectivity index (χ1v) is 6.02. The summed E-state index contributed by atoms with van der Waals surface area (Å²) in [5.74, 6) is -4.36. The fourth-order valence-electron chi connectivity index (χ4n) is 1.50. The van der Waals surface area contributed by atoms with E-state index in [0.29, 0.717) is 11.6 Å². The average molecular weight is 330 g/mol. The second-order valence-electron chi connectivity index (χ2n) is 4.14. The standard InChI is InChI=1S/C8H4F4O2.C7H6O2/c9-6-4(7(13)14)2-1-3-5(6)8(10,11)12;8-7(9)6-4-2-1-3-5-6/h1-3H,(H,13,14);1-5H,(H,8,9). The van der Waals surface area contributed by atoms with E-state index >= 15 is 0 Å². The largest absolute Gasteiger partial charge is 0.478 e. The van der Waals surface area contributed by atoms with Crippen molar-refractivity contribution in [2.75, 3.05) is 0 Å². The number of carboxylic acids is 2. The normalized spacial score (nSPS) is 10.4. The van der Waals surface area contributed by atoms with Crippen LogP contribution in [0.2, 0.25) is 0 Å². The van der Waals surface area contributed by atoms with E-state index in [0.717, 1.165) is 12.1 Å². The van der Waals surface area contributed by atoms with Crippen LogP contribution in [0.1, 0.15) is 26.3 Å². The summed E-state index contributed by atoms with van der Waals surface area (Å²) in [5, 5.41) is 16.7. The molecule has 122 valence electrons. The molecule has 2 rings (SSSR count). The summed E-state index contributed by atoms with van der Waals surface area (Å²) in [6.07, 6.45) is -4.88. The predicted octanol–water partition coefficient (Wildman–Crippen LogP) is 3.93. The lowest BCUT2D eigenvalue weighted by atomic mass is 10.1. The fourth-order valence-corrected chi connectivity index (χ4v) is 1.50. The SMILES string of the molecule is O=C(O)c1cccc(C(F)(F)F)c1F.O=C(O)c1ccccc1. The predicted molar refractivity (Wildman–Crippen MR) is 71.8 cm³/mol. The highest BCUT2D eigenvalue weighted by atomic mass is 19.4. The Balaban J connectivity index is 0.000000253. The van der Waals surface area contributed by atoms with Gasteiger partial charge in [-0.15, -0.1) is 0 Å². The van der Waals surface area contributed by atoms with E-state index in [4.69, 9.17) is 10.2 Å². The molecular weight excluding hydrogens is 320 g/mol. The molecule has 0 aromatic heterocycles. The van der Waals surface area contributed by atoms with Crippen LogP contribution in [0.3, 0.4) is 0 Å². The molecule has 0 unspecified atom stereocenters. The summed E-state index contributed by atoms with van der Waals surface area (Å²) in [6, 6.07) is 10.4. The van der Waals surface area contributed by atoms with Gasteiger partial charge in [0.15, 0.2) is 0 Å². The van der Waals surface area contributed by atoms with Gasteiger partial charge < -0.3 is 10.2 Å². The summed E-state index contributed by atoms with van der Waals surface area (Å²) in [6.45, 7) is 0. The Morgan fingerprint density at radius 2 is 1.39 bits per heavy atom. The Bertz CT molecular complexity index is 696. The number of rotatable bonds is 2. The summed E-state index contributed by atoms with van der Waals surface area (Å²) in [4.78, 5) is 20.5. The number of alkyl halides is 3. The molecule has 8 heteroatoms. The molecule has 0 bridgehead atoms. The molecule has 0 amide bonds. The fraction of sp³-hybridized carbons (Fsp3) is 0.0667. The van der Waals surface area contributed by atoms with E-state index in [2.05, 4.69) is 0 Å². The van der Waals surface area contributed by atoms with Gasteiger partial charge in [-0.25, -0.2) is 14.0 Å². The number of carboxylic acid groups (broad SMARTS) is 2. The van der Waals surface area contributed by atoms with Crippen molar-refractivity contribution < 1.29 is 37.4 Å². The molecule has 0 aliphatic heterocycles. The highest BCUT2D eigenvalue weighted by Gasteiger charge is 2.35. The zero-order valence-corrected chi connectivity index (χ0v) is 11.3. The molecule has 0 heterocycles. The molecule has 0 aliphatic rings. The Hall–Kier alpha value is -2.90. The molecule has 2 aromatic carbocycles. The minimum absolute atomic E-state index is 0.331. The third-order valence-electron chi connectivity index (χ3n) is 2.56. The lowest BCUT2D eigenvalue weighted by Crippen LogP contribution is -2.12. The van der Waals surface area contributed by atoms with E-state index < -0.39 is 35.1 Å². The molecule has 2 N–H and O–H groups in total. The van der Waals surface area contributed by atoms with Crippen LogP contribution < -0.4 is 0 Å². The third kappa shape index (κ3) is 5.10. The van der Waals surface area contributed by atoms with Crippen LogP contribution in [0.15, 0.2) is 48.5 Å². The molecule has 4 nitrogen and oxygen atoms in total. The summed E-state index contributed by atoms with van der Waals surface area (Å²) in [7, 11) is 0. The molecule has 0 spiro atoms. The maximum atomic E-state index is 12.9. The number of aromatic carboxylic acids is 2. The van der Waals surface area contributed by atoms with Crippen LogP contribution in [0.25, 0.3) is 0 Å². The van der Waals surface area contributed by atoms with Gasteiger partial charge in [-0.3, -0.25) is 0 Å². The Morgan fingerprint density at radius 3 is 1.78 bits per heavy atom. The van der Waals surface area contributed by atoms with Gasteiger partial charge >= 0.3 is 18.1 Å². The maximum absolute atomic E-state index is 12.9. The van der Waals surface area contributed by atoms with E-state index in [-0.39, 0.29) is 0 Å². The van der Waals surface area contributed by atoms with Crippen molar-refractivity contribution in [3.05, 3.63) is 71.0 Å². The molecule has 0 saturated heterocycles. The highest BCUT2D eigenvalue weighted by molar-refractivity contribution is 5.88. The Labute approximate surface area is 127 Å². The third-order valence-corrected chi connectivity index (χ3v) is 2.56. The Kier molecular flexibility index (Phi) is 5.83. The molecule has 0 atom stereocenters. The van der Waals surface area contributed by atoms with E-state index in [1.54, 1.807) is 30.3 Å². The lowest BCUT2D eigenvalue weighted by molar-refractivity contribution is -0.140. The van der Waals surface area contributed by atoms with Crippen molar-refractivity contribution in [3.63, 3.8) is 0 Å². The van der Waals surface area contributed by atoms with Gasteiger partial charge in [-0.1, -0.05) is 24.3 Å². The molecule has 0 radical (unpaired) electrons. The Morgan fingerprint density at radius 1 is 0.826 bits per heavy atom. The highest BCUT2D eigenvalue weighted by Crippen LogP contribution is 2.32. The summed E-state index contributed by atoms with van der Waals surface area (Å²) < 4.78 is 49.1. The van der Waals surface area contributed by atoms with Crippen molar-refractivity contribution in [3.8, 4) is 0 Å². The second-order valence-corrected chi connectivity index (χ2v) is 4.14. The van der Waals surface area contributed by atoms with E-state index in [9.17, 15) is 27.2 Å². The van der Waals surface area contributed by atoms with Crippen LogP contribution in [0, 0.1) is 5.82 Å². The minimum Gasteiger partial charge on any atom is -0.478 e. The average Bonchev–Trinajstić information content (AvgIpc) is 2.47. The van der Waals surface area contributed by atoms with Crippen LogP contribution in [-0.2, 0) is 6.18 Å².